The summed E-state index contributed by atoms with van der Waals surface area (Å²) in [6, 6.07) is 4.58. The van der Waals surface area contributed by atoms with E-state index in [4.69, 9.17) is 4.74 Å². The molecule has 0 aliphatic carbocycles. The second-order valence-electron chi connectivity index (χ2n) is 4.17. The second-order valence-corrected chi connectivity index (χ2v) is 4.97. The number of ether oxygens (including phenoxy) is 1. The number of nitrogens with zero attached hydrogens (tertiary/aromatic N) is 2. The molecule has 1 heterocycles. The molecule has 0 aliphatic heterocycles. The van der Waals surface area contributed by atoms with E-state index >= 15 is 0 Å². The maximum atomic E-state index is 13.4. The van der Waals surface area contributed by atoms with Crippen molar-refractivity contribution in [2.75, 3.05) is 19.0 Å². The molecule has 4 nitrogen and oxygen atoms in total. The van der Waals surface area contributed by atoms with Gasteiger partial charge in [0.2, 0.25) is 0 Å². The third kappa shape index (κ3) is 2.90. The molecule has 0 radical (unpaired) electrons. The van der Waals surface area contributed by atoms with Gasteiger partial charge in [-0.1, -0.05) is 0 Å². The van der Waals surface area contributed by atoms with Crippen molar-refractivity contribution in [1.82, 2.24) is 9.97 Å². The summed E-state index contributed by atoms with van der Waals surface area (Å²) in [5.74, 6) is 1.02. The number of aryl methyl sites for hydroxylation is 1. The molecule has 0 aliphatic rings. The highest BCUT2D eigenvalue weighted by molar-refractivity contribution is 9.10. The number of aromatic nitrogens is 2. The maximum absolute atomic E-state index is 13.4. The fraction of sp³-hybridized carbons (Fsp3) is 0.286. The van der Waals surface area contributed by atoms with Crippen molar-refractivity contribution in [2.24, 2.45) is 0 Å². The van der Waals surface area contributed by atoms with Crippen LogP contribution >= 0.6 is 15.9 Å². The Labute approximate surface area is 125 Å². The topological polar surface area (TPSA) is 47.0 Å². The first-order valence-electron chi connectivity index (χ1n) is 6.18. The summed E-state index contributed by atoms with van der Waals surface area (Å²) in [4.78, 5) is 8.87. The number of benzene rings is 1. The molecule has 6 heteroatoms. The number of methoxy groups -OCH3 is 1. The van der Waals surface area contributed by atoms with Crippen LogP contribution in [0.1, 0.15) is 12.6 Å². The van der Waals surface area contributed by atoms with Crippen LogP contribution in [-0.4, -0.2) is 23.6 Å². The average Bonchev–Trinajstić information content (AvgIpc) is 2.44. The lowest BCUT2D eigenvalue weighted by atomic mass is 10.2. The van der Waals surface area contributed by atoms with Gasteiger partial charge in [0.15, 0.2) is 17.4 Å². The van der Waals surface area contributed by atoms with Gasteiger partial charge in [0.1, 0.15) is 5.82 Å². The lowest BCUT2D eigenvalue weighted by molar-refractivity contribution is 0.387. The number of nitrogens with one attached hydrogen (secondary N) is 1. The average molecular weight is 340 g/mol. The molecule has 0 amide bonds. The Bertz CT molecular complexity index is 634. The SMILES string of the molecule is CCNc1nc(-c2ccc(F)c(OC)c2)nc(C)c1Br. The quantitative estimate of drug-likeness (QED) is 0.920. The Morgan fingerprint density at radius 3 is 2.75 bits per heavy atom. The number of hydrogen-bond donors (Lipinski definition) is 1. The van der Waals surface area contributed by atoms with Crippen LogP contribution in [0.3, 0.4) is 0 Å². The van der Waals surface area contributed by atoms with Crippen molar-refractivity contribution in [1.29, 1.82) is 0 Å². The highest BCUT2D eigenvalue weighted by atomic mass is 79.9. The highest BCUT2D eigenvalue weighted by Crippen LogP contribution is 2.29. The molecule has 0 fully saturated rings. The molecule has 20 heavy (non-hydrogen) atoms. The van der Waals surface area contributed by atoms with Gasteiger partial charge in [-0.3, -0.25) is 0 Å². The van der Waals surface area contributed by atoms with Crippen LogP contribution in [0, 0.1) is 12.7 Å². The van der Waals surface area contributed by atoms with Gasteiger partial charge in [-0.2, -0.15) is 0 Å². The summed E-state index contributed by atoms with van der Waals surface area (Å²) in [5.41, 5.74) is 1.52. The van der Waals surface area contributed by atoms with Gasteiger partial charge >= 0.3 is 0 Å². The second kappa shape index (κ2) is 6.17. The molecular formula is C14H15BrFN3O. The van der Waals surface area contributed by atoms with Crippen LogP contribution < -0.4 is 10.1 Å². The zero-order valence-electron chi connectivity index (χ0n) is 11.5. The molecule has 0 unspecified atom stereocenters. The third-order valence-electron chi connectivity index (χ3n) is 2.77. The largest absolute Gasteiger partial charge is 0.494 e. The van der Waals surface area contributed by atoms with Crippen LogP contribution in [0.5, 0.6) is 5.75 Å². The molecule has 0 saturated carbocycles. The van der Waals surface area contributed by atoms with Gasteiger partial charge in [-0.15, -0.1) is 0 Å². The van der Waals surface area contributed by atoms with E-state index in [2.05, 4.69) is 31.2 Å². The van der Waals surface area contributed by atoms with E-state index in [0.29, 0.717) is 11.4 Å². The molecule has 106 valence electrons. The summed E-state index contributed by atoms with van der Waals surface area (Å²) in [5, 5.41) is 3.16. The number of rotatable bonds is 4. The molecule has 1 aromatic heterocycles. The number of anilines is 1. The smallest absolute Gasteiger partial charge is 0.165 e. The zero-order chi connectivity index (χ0) is 14.7. The first-order valence-corrected chi connectivity index (χ1v) is 6.98. The molecule has 1 aromatic carbocycles. The van der Waals surface area contributed by atoms with Crippen molar-refractivity contribution in [3.05, 3.63) is 34.2 Å². The molecule has 0 saturated heterocycles. The van der Waals surface area contributed by atoms with E-state index in [1.165, 1.54) is 13.2 Å². The maximum Gasteiger partial charge on any atom is 0.165 e. The van der Waals surface area contributed by atoms with E-state index in [-0.39, 0.29) is 5.75 Å². The minimum Gasteiger partial charge on any atom is -0.494 e. The normalized spacial score (nSPS) is 10.4. The molecule has 1 N–H and O–H groups in total. The predicted octanol–water partition coefficient (Wildman–Crippen LogP) is 3.79. The monoisotopic (exact) mass is 339 g/mol. The van der Waals surface area contributed by atoms with Crippen molar-refractivity contribution >= 4 is 21.7 Å². The van der Waals surface area contributed by atoms with Crippen molar-refractivity contribution in [2.45, 2.75) is 13.8 Å². The Morgan fingerprint density at radius 1 is 1.35 bits per heavy atom. The summed E-state index contributed by atoms with van der Waals surface area (Å²) < 4.78 is 19.3. The Kier molecular flexibility index (Phi) is 4.54. The van der Waals surface area contributed by atoms with Crippen molar-refractivity contribution in [3.8, 4) is 17.1 Å². The fourth-order valence-electron chi connectivity index (χ4n) is 1.77. The Balaban J connectivity index is 2.52. The lowest BCUT2D eigenvalue weighted by Crippen LogP contribution is -2.04. The van der Waals surface area contributed by atoms with Crippen molar-refractivity contribution in [3.63, 3.8) is 0 Å². The molecule has 0 spiro atoms. The van der Waals surface area contributed by atoms with Crippen molar-refractivity contribution < 1.29 is 9.13 Å². The van der Waals surface area contributed by atoms with Crippen LogP contribution in [0.25, 0.3) is 11.4 Å². The van der Waals surface area contributed by atoms with Crippen LogP contribution in [0.4, 0.5) is 10.2 Å². The van der Waals surface area contributed by atoms with E-state index in [1.807, 2.05) is 13.8 Å². The first-order chi connectivity index (χ1) is 9.56. The summed E-state index contributed by atoms with van der Waals surface area (Å²) in [6.45, 7) is 4.63. The summed E-state index contributed by atoms with van der Waals surface area (Å²) in [7, 11) is 1.43. The Morgan fingerprint density at radius 2 is 2.10 bits per heavy atom. The number of halogens is 2. The molecule has 2 aromatic rings. The summed E-state index contributed by atoms with van der Waals surface area (Å²) in [6.07, 6.45) is 0. The Hall–Kier alpha value is -1.69. The molecule has 0 atom stereocenters. The molecular weight excluding hydrogens is 325 g/mol. The molecule has 2 rings (SSSR count). The predicted molar refractivity (Wildman–Crippen MR) is 80.6 cm³/mol. The van der Waals surface area contributed by atoms with Gasteiger partial charge < -0.3 is 10.1 Å². The minimum absolute atomic E-state index is 0.177. The minimum atomic E-state index is -0.406. The van der Waals surface area contributed by atoms with Gasteiger partial charge in [-0.25, -0.2) is 14.4 Å². The third-order valence-corrected chi connectivity index (χ3v) is 3.72. The van der Waals surface area contributed by atoms with Crippen LogP contribution in [0.15, 0.2) is 22.7 Å². The van der Waals surface area contributed by atoms with E-state index in [0.717, 1.165) is 22.5 Å². The first kappa shape index (κ1) is 14.7. The van der Waals surface area contributed by atoms with E-state index < -0.39 is 5.82 Å². The van der Waals surface area contributed by atoms with Crippen LogP contribution in [0.2, 0.25) is 0 Å². The number of hydrogen-bond acceptors (Lipinski definition) is 4. The van der Waals surface area contributed by atoms with Crippen LogP contribution in [-0.2, 0) is 0 Å². The lowest BCUT2D eigenvalue weighted by Gasteiger charge is -2.11. The van der Waals surface area contributed by atoms with E-state index in [1.54, 1.807) is 12.1 Å². The zero-order valence-corrected chi connectivity index (χ0v) is 13.1. The van der Waals surface area contributed by atoms with Gasteiger partial charge in [0.05, 0.1) is 17.3 Å². The molecule has 0 bridgehead atoms. The highest BCUT2D eigenvalue weighted by Gasteiger charge is 2.12. The summed E-state index contributed by atoms with van der Waals surface area (Å²) >= 11 is 3.46. The fourth-order valence-corrected chi connectivity index (χ4v) is 2.09. The van der Waals surface area contributed by atoms with E-state index in [9.17, 15) is 4.39 Å². The standard InChI is InChI=1S/C14H15BrFN3O/c1-4-17-14-12(15)8(2)18-13(19-14)9-5-6-10(16)11(7-9)20-3/h5-7H,4H2,1-3H3,(H,17,18,19). The van der Waals surface area contributed by atoms with Gasteiger partial charge in [0, 0.05) is 12.1 Å². The van der Waals surface area contributed by atoms with Gasteiger partial charge in [0.25, 0.3) is 0 Å². The van der Waals surface area contributed by atoms with Gasteiger partial charge in [-0.05, 0) is 48.0 Å².